The van der Waals surface area contributed by atoms with Gasteiger partial charge in [-0.3, -0.25) is 0 Å². The molecule has 0 saturated carbocycles. The summed E-state index contributed by atoms with van der Waals surface area (Å²) >= 11 is 3.19. The van der Waals surface area contributed by atoms with E-state index in [2.05, 4.69) is 20.7 Å². The van der Waals surface area contributed by atoms with Gasteiger partial charge in [-0.05, 0) is 31.2 Å². The molecule has 0 spiro atoms. The molecule has 1 N–H and O–H groups in total. The number of rotatable bonds is 4. The van der Waals surface area contributed by atoms with Gasteiger partial charge in [0, 0.05) is 22.1 Å². The lowest BCUT2D eigenvalue weighted by Crippen LogP contribution is -2.27. The smallest absolute Gasteiger partial charge is 0.207 e. The zero-order valence-electron chi connectivity index (χ0n) is 11.0. The molecule has 0 aromatic heterocycles. The average molecular weight is 376 g/mol. The summed E-state index contributed by atoms with van der Waals surface area (Å²) in [5.74, 6) is -1.50. The highest BCUT2D eigenvalue weighted by Crippen LogP contribution is 2.22. The zero-order chi connectivity index (χ0) is 15.6. The first-order valence-corrected chi connectivity index (χ1v) is 8.30. The Morgan fingerprint density at radius 2 is 1.86 bits per heavy atom. The highest BCUT2D eigenvalue weighted by atomic mass is 79.9. The maximum Gasteiger partial charge on any atom is 0.241 e. The Morgan fingerprint density at radius 1 is 1.14 bits per heavy atom. The van der Waals surface area contributed by atoms with Crippen molar-refractivity contribution in [3.8, 4) is 0 Å². The van der Waals surface area contributed by atoms with Gasteiger partial charge in [0.15, 0.2) is 0 Å². The first-order valence-electron chi connectivity index (χ1n) is 6.02. The van der Waals surface area contributed by atoms with Crippen LogP contribution in [0.25, 0.3) is 0 Å². The van der Waals surface area contributed by atoms with E-state index in [1.165, 1.54) is 25.1 Å². The van der Waals surface area contributed by atoms with Crippen LogP contribution in [0.4, 0.5) is 8.78 Å². The van der Waals surface area contributed by atoms with Crippen molar-refractivity contribution in [3.63, 3.8) is 0 Å². The number of hydrogen-bond donors (Lipinski definition) is 1. The van der Waals surface area contributed by atoms with E-state index in [1.807, 2.05) is 0 Å². The molecule has 21 heavy (non-hydrogen) atoms. The van der Waals surface area contributed by atoms with Crippen LogP contribution in [0.5, 0.6) is 0 Å². The summed E-state index contributed by atoms with van der Waals surface area (Å²) in [6.07, 6.45) is 0. The van der Waals surface area contributed by atoms with Crippen LogP contribution in [-0.2, 0) is 10.0 Å². The van der Waals surface area contributed by atoms with Crippen LogP contribution < -0.4 is 4.72 Å². The summed E-state index contributed by atoms with van der Waals surface area (Å²) in [4.78, 5) is 0.0613. The van der Waals surface area contributed by atoms with E-state index in [1.54, 1.807) is 12.1 Å². The van der Waals surface area contributed by atoms with Crippen molar-refractivity contribution >= 4 is 26.0 Å². The molecule has 0 aliphatic carbocycles. The summed E-state index contributed by atoms with van der Waals surface area (Å²) in [5, 5.41) is 0. The van der Waals surface area contributed by atoms with Gasteiger partial charge >= 0.3 is 0 Å². The fraction of sp³-hybridized carbons (Fsp3) is 0.143. The van der Waals surface area contributed by atoms with E-state index in [9.17, 15) is 17.2 Å². The molecule has 3 nitrogen and oxygen atoms in total. The van der Waals surface area contributed by atoms with E-state index >= 15 is 0 Å². The summed E-state index contributed by atoms with van der Waals surface area (Å²) < 4.78 is 54.0. The van der Waals surface area contributed by atoms with Gasteiger partial charge in [0.05, 0.1) is 4.90 Å². The number of nitrogens with one attached hydrogen (secondary N) is 1. The van der Waals surface area contributed by atoms with Gasteiger partial charge in [0.1, 0.15) is 11.6 Å². The molecule has 7 heteroatoms. The molecule has 0 heterocycles. The highest BCUT2D eigenvalue weighted by molar-refractivity contribution is 9.10. The second-order valence-electron chi connectivity index (χ2n) is 4.47. The standard InChI is InChI=1S/C14H12BrF2NO2S/c1-9(13-6-5-11(16)8-14(13)17)18-21(19,20)12-4-2-3-10(15)7-12/h2-9,18H,1H3/t9-/m0/s1. The van der Waals surface area contributed by atoms with E-state index in [4.69, 9.17) is 0 Å². The molecule has 0 bridgehead atoms. The lowest BCUT2D eigenvalue weighted by atomic mass is 10.1. The van der Waals surface area contributed by atoms with Crippen molar-refractivity contribution in [3.05, 3.63) is 64.1 Å². The van der Waals surface area contributed by atoms with E-state index in [-0.39, 0.29) is 10.5 Å². The van der Waals surface area contributed by atoms with Crippen molar-refractivity contribution in [2.45, 2.75) is 17.9 Å². The Kier molecular flexibility index (Phi) is 4.75. The van der Waals surface area contributed by atoms with Crippen LogP contribution in [0.3, 0.4) is 0 Å². The van der Waals surface area contributed by atoms with Crippen molar-refractivity contribution in [1.29, 1.82) is 0 Å². The summed E-state index contributed by atoms with van der Waals surface area (Å²) in [7, 11) is -3.80. The summed E-state index contributed by atoms with van der Waals surface area (Å²) in [6.45, 7) is 1.49. The second-order valence-corrected chi connectivity index (χ2v) is 7.10. The van der Waals surface area contributed by atoms with Gasteiger partial charge in [0.2, 0.25) is 10.0 Å². The third kappa shape index (κ3) is 3.87. The molecule has 2 aromatic rings. The summed E-state index contributed by atoms with van der Waals surface area (Å²) in [6, 6.07) is 8.36. The third-order valence-electron chi connectivity index (χ3n) is 2.87. The Morgan fingerprint density at radius 3 is 2.48 bits per heavy atom. The Labute approximate surface area is 130 Å². The predicted molar refractivity (Wildman–Crippen MR) is 79.2 cm³/mol. The Balaban J connectivity index is 2.28. The molecular formula is C14H12BrF2NO2S. The van der Waals surface area contributed by atoms with Crippen LogP contribution >= 0.6 is 15.9 Å². The molecule has 0 radical (unpaired) electrons. The highest BCUT2D eigenvalue weighted by Gasteiger charge is 2.20. The van der Waals surface area contributed by atoms with Gasteiger partial charge in [-0.25, -0.2) is 21.9 Å². The lowest BCUT2D eigenvalue weighted by Gasteiger charge is -2.15. The van der Waals surface area contributed by atoms with Gasteiger partial charge < -0.3 is 0 Å². The molecule has 0 unspecified atom stereocenters. The zero-order valence-corrected chi connectivity index (χ0v) is 13.4. The molecule has 0 aliphatic rings. The van der Waals surface area contributed by atoms with Crippen molar-refractivity contribution in [2.75, 3.05) is 0 Å². The number of benzene rings is 2. The van der Waals surface area contributed by atoms with Crippen LogP contribution in [-0.4, -0.2) is 8.42 Å². The predicted octanol–water partition coefficient (Wildman–Crippen LogP) is 3.77. The molecule has 1 atom stereocenters. The fourth-order valence-electron chi connectivity index (χ4n) is 1.85. The van der Waals surface area contributed by atoms with Gasteiger partial charge in [-0.15, -0.1) is 0 Å². The largest absolute Gasteiger partial charge is 0.241 e. The normalized spacial score (nSPS) is 13.1. The molecule has 112 valence electrons. The average Bonchev–Trinajstić information content (AvgIpc) is 2.37. The van der Waals surface area contributed by atoms with Crippen LogP contribution in [0.15, 0.2) is 51.8 Å². The lowest BCUT2D eigenvalue weighted by molar-refractivity contribution is 0.540. The third-order valence-corrected chi connectivity index (χ3v) is 4.90. The molecule has 0 aliphatic heterocycles. The van der Waals surface area contributed by atoms with Gasteiger partial charge in [-0.1, -0.05) is 28.1 Å². The minimum absolute atomic E-state index is 0.0613. The van der Waals surface area contributed by atoms with Crippen molar-refractivity contribution in [1.82, 2.24) is 4.72 Å². The van der Waals surface area contributed by atoms with E-state index < -0.39 is 27.7 Å². The number of halogens is 3. The van der Waals surface area contributed by atoms with Crippen LogP contribution in [0, 0.1) is 11.6 Å². The Bertz CT molecular complexity index is 765. The monoisotopic (exact) mass is 375 g/mol. The quantitative estimate of drug-likeness (QED) is 0.883. The number of sulfonamides is 1. The molecular weight excluding hydrogens is 364 g/mol. The van der Waals surface area contributed by atoms with Crippen LogP contribution in [0.2, 0.25) is 0 Å². The second kappa shape index (κ2) is 6.21. The first-order chi connectivity index (χ1) is 9.79. The van der Waals surface area contributed by atoms with E-state index in [0.29, 0.717) is 4.47 Å². The van der Waals surface area contributed by atoms with Crippen LogP contribution in [0.1, 0.15) is 18.5 Å². The molecule has 2 aromatic carbocycles. The minimum atomic E-state index is -3.80. The van der Waals surface area contributed by atoms with Gasteiger partial charge in [0.25, 0.3) is 0 Å². The topological polar surface area (TPSA) is 46.2 Å². The fourth-order valence-corrected chi connectivity index (χ4v) is 3.67. The van der Waals surface area contributed by atoms with Gasteiger partial charge in [-0.2, -0.15) is 0 Å². The Hall–Kier alpha value is -1.31. The maximum absolute atomic E-state index is 13.7. The SMILES string of the molecule is C[C@H](NS(=O)(=O)c1cccc(Br)c1)c1ccc(F)cc1F. The molecule has 2 rings (SSSR count). The minimum Gasteiger partial charge on any atom is -0.207 e. The molecule has 0 fully saturated rings. The van der Waals surface area contributed by atoms with Crippen molar-refractivity contribution < 1.29 is 17.2 Å². The molecule has 0 saturated heterocycles. The first kappa shape index (κ1) is 16.1. The molecule has 0 amide bonds. The summed E-state index contributed by atoms with van der Waals surface area (Å²) in [5.41, 5.74) is 0.0787. The number of hydrogen-bond acceptors (Lipinski definition) is 2. The van der Waals surface area contributed by atoms with Crippen molar-refractivity contribution in [2.24, 2.45) is 0 Å². The van der Waals surface area contributed by atoms with E-state index in [0.717, 1.165) is 12.1 Å². The maximum atomic E-state index is 13.7.